The predicted octanol–water partition coefficient (Wildman–Crippen LogP) is 10.5. The normalized spacial score (nSPS) is 17.1. The van der Waals surface area contributed by atoms with Crippen molar-refractivity contribution in [2.24, 2.45) is 9.98 Å². The average Bonchev–Trinajstić information content (AvgIpc) is 3.75. The first-order chi connectivity index (χ1) is 29.6. The highest BCUT2D eigenvalue weighted by Crippen LogP contribution is 2.43. The molecule has 5 aromatic carbocycles. The Bertz CT molecular complexity index is 2430. The van der Waals surface area contributed by atoms with Gasteiger partial charge in [-0.1, -0.05) is 70.1 Å². The number of para-hydroxylation sites is 2. The highest BCUT2D eigenvalue weighted by atomic mass is 33.1. The van der Waals surface area contributed by atoms with Gasteiger partial charge >= 0.3 is 0 Å². The summed E-state index contributed by atoms with van der Waals surface area (Å²) in [6.07, 6.45) is 7.27. The zero-order chi connectivity index (χ0) is 42.3. The molecule has 2 amide bonds. The monoisotopic (exact) mass is 870 g/mol. The fourth-order valence-electron chi connectivity index (χ4n) is 8.45. The molecule has 0 saturated carbocycles. The largest absolute Gasteiger partial charge is 0.493 e. The first-order valence-electron chi connectivity index (χ1n) is 20.2. The quantitative estimate of drug-likeness (QED) is 0.101. The topological polar surface area (TPSA) is 102 Å². The Morgan fingerprint density at radius 3 is 1.61 bits per heavy atom. The van der Waals surface area contributed by atoms with Gasteiger partial charge in [0.25, 0.3) is 11.8 Å². The molecule has 2 atom stereocenters. The minimum absolute atomic E-state index is 0.114. The van der Waals surface area contributed by atoms with Gasteiger partial charge in [0, 0.05) is 65.0 Å². The molecule has 4 heterocycles. The number of carbonyl (C=O) groups excluding carboxylic acids is 2. The lowest BCUT2D eigenvalue weighted by atomic mass is 10.1. The van der Waals surface area contributed by atoms with Crippen LogP contribution in [0, 0.1) is 0 Å². The smallest absolute Gasteiger partial charge is 0.261 e. The molecule has 0 aromatic heterocycles. The summed E-state index contributed by atoms with van der Waals surface area (Å²) in [7, 11) is 6.83. The lowest BCUT2D eigenvalue weighted by molar-refractivity contribution is 0.0978. The maximum atomic E-state index is 14.0. The molecule has 61 heavy (non-hydrogen) atoms. The van der Waals surface area contributed by atoms with Crippen LogP contribution in [-0.2, 0) is 31.8 Å². The fourth-order valence-corrected chi connectivity index (χ4v) is 12.1. The highest BCUT2D eigenvalue weighted by Gasteiger charge is 2.38. The van der Waals surface area contributed by atoms with Crippen LogP contribution >= 0.6 is 33.3 Å². The van der Waals surface area contributed by atoms with Crippen LogP contribution in [0.1, 0.15) is 62.4 Å². The summed E-state index contributed by atoms with van der Waals surface area (Å²) in [5, 5.41) is 0. The van der Waals surface area contributed by atoms with Crippen LogP contribution in [0.15, 0.2) is 101 Å². The van der Waals surface area contributed by atoms with E-state index in [1.54, 1.807) is 49.3 Å². The van der Waals surface area contributed by atoms with Gasteiger partial charge in [-0.15, -0.1) is 0 Å². The summed E-state index contributed by atoms with van der Waals surface area (Å²) >= 11 is 1.89. The number of rotatable bonds is 14. The zero-order valence-corrected chi connectivity index (χ0v) is 37.1. The summed E-state index contributed by atoms with van der Waals surface area (Å²) in [6, 6.07) is 29.2. The van der Waals surface area contributed by atoms with Crippen LogP contribution in [0.2, 0.25) is 0 Å². The second-order valence-electron chi connectivity index (χ2n) is 16.0. The first kappa shape index (κ1) is 41.0. The van der Waals surface area contributed by atoms with Crippen LogP contribution in [-0.4, -0.2) is 67.3 Å². The van der Waals surface area contributed by atoms with Crippen LogP contribution in [0.25, 0.3) is 0 Å². The molecule has 9 rings (SSSR count). The Morgan fingerprint density at radius 2 is 1.13 bits per heavy atom. The van der Waals surface area contributed by atoms with E-state index in [-0.39, 0.29) is 41.9 Å². The van der Waals surface area contributed by atoms with Gasteiger partial charge in [-0.25, -0.2) is 0 Å². The average molecular weight is 871 g/mol. The number of hydrogen-bond acceptors (Lipinski definition) is 11. The summed E-state index contributed by atoms with van der Waals surface area (Å²) in [6.45, 7) is 5.03. The van der Waals surface area contributed by atoms with Gasteiger partial charge in [0.1, 0.15) is 13.2 Å². The predicted molar refractivity (Wildman–Crippen MR) is 250 cm³/mol. The van der Waals surface area contributed by atoms with Crippen molar-refractivity contribution in [2.45, 2.75) is 62.5 Å². The van der Waals surface area contributed by atoms with E-state index < -0.39 is 0 Å². The first-order valence-corrected chi connectivity index (χ1v) is 23.9. The maximum Gasteiger partial charge on any atom is 0.261 e. The van der Waals surface area contributed by atoms with Crippen molar-refractivity contribution >= 4 is 80.3 Å². The number of hydrogen-bond donors (Lipinski definition) is 0. The van der Waals surface area contributed by atoms with Crippen LogP contribution in [0.4, 0.5) is 22.7 Å². The summed E-state index contributed by atoms with van der Waals surface area (Å²) in [5.41, 5.74) is 9.16. The molecule has 0 spiro atoms. The van der Waals surface area contributed by atoms with Crippen LogP contribution < -0.4 is 28.7 Å². The van der Waals surface area contributed by atoms with Gasteiger partial charge < -0.3 is 18.9 Å². The van der Waals surface area contributed by atoms with Crippen LogP contribution in [0.3, 0.4) is 0 Å². The number of amides is 2. The van der Waals surface area contributed by atoms with E-state index in [9.17, 15) is 9.59 Å². The summed E-state index contributed by atoms with van der Waals surface area (Å²) in [4.78, 5) is 41.2. The minimum Gasteiger partial charge on any atom is -0.493 e. The number of nitrogens with zero attached hydrogens (tertiary/aromatic N) is 4. The molecule has 0 radical (unpaired) electrons. The Kier molecular flexibility index (Phi) is 11.5. The SMILES string of the molecule is COc1cc2c(cc1OCc1cc(COc3cc4c(cc3OC)C(=O)N3c5ccccc5C[C@H]3C=N4)cc(CSCC(C)(C)SSC)c1)N=C[C@@H]1Cc3ccccc3N1C2=O. The molecule has 0 bridgehead atoms. The van der Waals surface area contributed by atoms with E-state index in [0.717, 1.165) is 63.5 Å². The molecule has 5 aromatic rings. The summed E-state index contributed by atoms with van der Waals surface area (Å²) in [5.74, 6) is 3.46. The number of ether oxygens (including phenoxy) is 4. The number of thioether (sulfide) groups is 1. The number of anilines is 2. The third-order valence-electron chi connectivity index (χ3n) is 11.2. The second-order valence-corrected chi connectivity index (χ2v) is 20.1. The Labute approximate surface area is 368 Å². The Morgan fingerprint density at radius 1 is 0.656 bits per heavy atom. The molecular weight excluding hydrogens is 825 g/mol. The van der Waals surface area contributed by atoms with E-state index in [2.05, 4.69) is 50.4 Å². The van der Waals surface area contributed by atoms with Crippen molar-refractivity contribution in [1.82, 2.24) is 0 Å². The van der Waals surface area contributed by atoms with E-state index in [1.807, 2.05) is 81.2 Å². The van der Waals surface area contributed by atoms with Crippen LogP contribution in [0.5, 0.6) is 23.0 Å². The Balaban J connectivity index is 0.965. The van der Waals surface area contributed by atoms with E-state index in [4.69, 9.17) is 28.9 Å². The minimum atomic E-state index is -0.157. The van der Waals surface area contributed by atoms with Gasteiger partial charge in [-0.2, -0.15) is 11.8 Å². The standard InChI is InChI=1S/C48H46N4O6S3/c1-48(2,61-59-5)28-60-27-31-15-29(25-57-44-21-38-36(19-42(44)55-3)46(53)51-34(23-49-38)17-32-10-6-8-12-40(32)51)14-30(16-31)26-58-45-22-39-37(20-43(45)56-4)47(54)52-35(24-50-39)18-33-11-7-9-13-41(33)52/h6-16,19-24,34-35H,17-18,25-28H2,1-5H3/t34-,35-/m0/s1. The number of benzene rings is 5. The van der Waals surface area contributed by atoms with Crippen molar-refractivity contribution < 1.29 is 28.5 Å². The third-order valence-corrected chi connectivity index (χ3v) is 15.4. The Hall–Kier alpha value is -5.37. The molecular formula is C48H46N4O6S3. The number of methoxy groups -OCH3 is 2. The van der Waals surface area contributed by atoms with E-state index >= 15 is 0 Å². The fraction of sp³-hybridized carbons (Fsp3) is 0.292. The molecule has 10 nitrogen and oxygen atoms in total. The number of fused-ring (bicyclic) bond motifs is 8. The molecule has 0 N–H and O–H groups in total. The van der Waals surface area contributed by atoms with E-state index in [0.29, 0.717) is 45.5 Å². The molecule has 13 heteroatoms. The van der Waals surface area contributed by atoms with Crippen molar-refractivity contribution in [2.75, 3.05) is 36.0 Å². The number of aliphatic imine (C=N–C) groups is 2. The molecule has 0 saturated heterocycles. The van der Waals surface area contributed by atoms with Gasteiger partial charge in [-0.3, -0.25) is 29.4 Å². The van der Waals surface area contributed by atoms with Gasteiger partial charge in [0.05, 0.1) is 48.8 Å². The van der Waals surface area contributed by atoms with Gasteiger partial charge in [-0.05, 0) is 78.3 Å². The summed E-state index contributed by atoms with van der Waals surface area (Å²) < 4.78 is 24.7. The van der Waals surface area contributed by atoms with Crippen molar-refractivity contribution in [3.05, 3.63) is 130 Å². The van der Waals surface area contributed by atoms with Gasteiger partial charge in [0.2, 0.25) is 0 Å². The van der Waals surface area contributed by atoms with Crippen molar-refractivity contribution in [3.63, 3.8) is 0 Å². The lowest BCUT2D eigenvalue weighted by Crippen LogP contribution is -2.37. The lowest BCUT2D eigenvalue weighted by Gasteiger charge is -2.22. The molecule has 4 aliphatic heterocycles. The van der Waals surface area contributed by atoms with E-state index in [1.165, 1.54) is 0 Å². The van der Waals surface area contributed by atoms with Gasteiger partial charge in [0.15, 0.2) is 23.0 Å². The highest BCUT2D eigenvalue weighted by molar-refractivity contribution is 8.77. The second kappa shape index (κ2) is 17.2. The molecule has 0 fully saturated rings. The molecule has 0 unspecified atom stereocenters. The zero-order valence-electron chi connectivity index (χ0n) is 34.7. The molecule has 4 aliphatic rings. The maximum absolute atomic E-state index is 14.0. The molecule has 0 aliphatic carbocycles. The van der Waals surface area contributed by atoms with Crippen molar-refractivity contribution in [1.29, 1.82) is 0 Å². The molecule has 312 valence electrons. The number of carbonyl (C=O) groups is 2. The third kappa shape index (κ3) is 8.23. The van der Waals surface area contributed by atoms with Crippen molar-refractivity contribution in [3.8, 4) is 23.0 Å².